The van der Waals surface area contributed by atoms with Crippen LogP contribution in [0.3, 0.4) is 0 Å². The SMILES string of the molecule is O=C(Nc1ccc(NS(=O)(=O)c2ccc(F)cc2)cc1)c1ccoc1. The van der Waals surface area contributed by atoms with E-state index in [9.17, 15) is 17.6 Å². The summed E-state index contributed by atoms with van der Waals surface area (Å²) in [6, 6.07) is 12.2. The molecule has 1 heterocycles. The quantitative estimate of drug-likeness (QED) is 0.729. The molecule has 8 heteroatoms. The van der Waals surface area contributed by atoms with Gasteiger partial charge in [0.15, 0.2) is 0 Å². The van der Waals surface area contributed by atoms with Crippen LogP contribution in [-0.4, -0.2) is 14.3 Å². The van der Waals surface area contributed by atoms with Gasteiger partial charge in [0.05, 0.1) is 16.7 Å². The van der Waals surface area contributed by atoms with Crippen molar-refractivity contribution in [2.75, 3.05) is 10.0 Å². The van der Waals surface area contributed by atoms with Crippen molar-refractivity contribution < 1.29 is 22.0 Å². The molecule has 2 N–H and O–H groups in total. The van der Waals surface area contributed by atoms with Gasteiger partial charge >= 0.3 is 0 Å². The number of halogens is 1. The molecule has 2 aromatic carbocycles. The zero-order valence-electron chi connectivity index (χ0n) is 12.8. The molecule has 0 saturated carbocycles. The number of furan rings is 1. The summed E-state index contributed by atoms with van der Waals surface area (Å²) in [5.41, 5.74) is 1.18. The third kappa shape index (κ3) is 4.04. The summed E-state index contributed by atoms with van der Waals surface area (Å²) in [5.74, 6) is -0.856. The van der Waals surface area contributed by atoms with Crippen LogP contribution in [0.25, 0.3) is 0 Å². The normalized spacial score (nSPS) is 11.1. The van der Waals surface area contributed by atoms with E-state index in [0.29, 0.717) is 16.9 Å². The van der Waals surface area contributed by atoms with Gasteiger partial charge in [-0.05, 0) is 54.6 Å². The maximum Gasteiger partial charge on any atom is 0.261 e. The number of carbonyl (C=O) groups is 1. The predicted octanol–water partition coefficient (Wildman–Crippen LogP) is 3.47. The summed E-state index contributed by atoms with van der Waals surface area (Å²) in [6.07, 6.45) is 2.71. The standard InChI is InChI=1S/C17H13FN2O4S/c18-13-1-7-16(8-2-13)25(22,23)20-15-5-3-14(4-6-15)19-17(21)12-9-10-24-11-12/h1-11,20H,(H,19,21). The lowest BCUT2D eigenvalue weighted by Crippen LogP contribution is -2.13. The molecule has 0 aliphatic carbocycles. The molecule has 6 nitrogen and oxygen atoms in total. The minimum atomic E-state index is -3.82. The number of sulfonamides is 1. The van der Waals surface area contributed by atoms with Gasteiger partial charge in [-0.25, -0.2) is 12.8 Å². The number of anilines is 2. The summed E-state index contributed by atoms with van der Waals surface area (Å²) in [6.45, 7) is 0. The number of hydrogen-bond acceptors (Lipinski definition) is 4. The lowest BCUT2D eigenvalue weighted by molar-refractivity contribution is 0.102. The molecule has 3 aromatic rings. The van der Waals surface area contributed by atoms with Crippen LogP contribution in [0, 0.1) is 5.82 Å². The van der Waals surface area contributed by atoms with Crippen LogP contribution in [0.2, 0.25) is 0 Å². The van der Waals surface area contributed by atoms with Gasteiger partial charge in [0.1, 0.15) is 12.1 Å². The predicted molar refractivity (Wildman–Crippen MR) is 90.3 cm³/mol. The maximum atomic E-state index is 12.9. The van der Waals surface area contributed by atoms with Crippen molar-refractivity contribution in [3.05, 3.63) is 78.5 Å². The van der Waals surface area contributed by atoms with E-state index in [0.717, 1.165) is 12.1 Å². The molecule has 0 saturated heterocycles. The number of carbonyl (C=O) groups excluding carboxylic acids is 1. The first kappa shape index (κ1) is 16.7. The van der Waals surface area contributed by atoms with Crippen molar-refractivity contribution in [3.8, 4) is 0 Å². The Labute approximate surface area is 143 Å². The minimum absolute atomic E-state index is 0.0498. The van der Waals surface area contributed by atoms with Crippen LogP contribution >= 0.6 is 0 Å². The average molecular weight is 360 g/mol. The second-order valence-corrected chi connectivity index (χ2v) is 6.79. The lowest BCUT2D eigenvalue weighted by atomic mass is 10.2. The first-order chi connectivity index (χ1) is 11.9. The smallest absolute Gasteiger partial charge is 0.261 e. The van der Waals surface area contributed by atoms with E-state index in [-0.39, 0.29) is 10.8 Å². The highest BCUT2D eigenvalue weighted by atomic mass is 32.2. The van der Waals surface area contributed by atoms with Crippen LogP contribution in [-0.2, 0) is 10.0 Å². The Morgan fingerprint density at radius 3 is 2.16 bits per heavy atom. The van der Waals surface area contributed by atoms with Gasteiger partial charge in [0.25, 0.3) is 15.9 Å². The summed E-state index contributed by atoms with van der Waals surface area (Å²) < 4.78 is 44.6. The zero-order valence-corrected chi connectivity index (χ0v) is 13.6. The fraction of sp³-hybridized carbons (Fsp3) is 0. The van der Waals surface area contributed by atoms with Crippen molar-refractivity contribution in [2.45, 2.75) is 4.90 Å². The van der Waals surface area contributed by atoms with E-state index in [2.05, 4.69) is 10.0 Å². The first-order valence-electron chi connectivity index (χ1n) is 7.16. The second-order valence-electron chi connectivity index (χ2n) is 5.10. The van der Waals surface area contributed by atoms with Crippen LogP contribution < -0.4 is 10.0 Å². The maximum absolute atomic E-state index is 12.9. The molecule has 0 radical (unpaired) electrons. The molecule has 1 aromatic heterocycles. The fourth-order valence-electron chi connectivity index (χ4n) is 2.05. The van der Waals surface area contributed by atoms with E-state index < -0.39 is 15.8 Å². The highest BCUT2D eigenvalue weighted by Gasteiger charge is 2.14. The number of nitrogens with one attached hydrogen (secondary N) is 2. The monoisotopic (exact) mass is 360 g/mol. The molecule has 0 unspecified atom stereocenters. The van der Waals surface area contributed by atoms with Gasteiger partial charge in [-0.2, -0.15) is 0 Å². The van der Waals surface area contributed by atoms with E-state index in [4.69, 9.17) is 4.42 Å². The summed E-state index contributed by atoms with van der Waals surface area (Å²) in [5, 5.41) is 2.65. The van der Waals surface area contributed by atoms with E-state index in [1.165, 1.54) is 42.9 Å². The topological polar surface area (TPSA) is 88.4 Å². The Balaban J connectivity index is 1.70. The van der Waals surface area contributed by atoms with Crippen molar-refractivity contribution in [2.24, 2.45) is 0 Å². The van der Waals surface area contributed by atoms with Crippen molar-refractivity contribution in [1.82, 2.24) is 0 Å². The molecule has 128 valence electrons. The molecular formula is C17H13FN2O4S. The van der Waals surface area contributed by atoms with E-state index in [1.807, 2.05) is 0 Å². The Bertz CT molecular complexity index is 967. The number of amides is 1. The molecule has 0 aliphatic heterocycles. The second kappa shape index (κ2) is 6.78. The van der Waals surface area contributed by atoms with Gasteiger partial charge < -0.3 is 9.73 Å². The molecule has 0 fully saturated rings. The first-order valence-corrected chi connectivity index (χ1v) is 8.64. The summed E-state index contributed by atoms with van der Waals surface area (Å²) >= 11 is 0. The van der Waals surface area contributed by atoms with Crippen LogP contribution in [0.1, 0.15) is 10.4 Å². The van der Waals surface area contributed by atoms with Gasteiger partial charge in [-0.3, -0.25) is 9.52 Å². The van der Waals surface area contributed by atoms with Gasteiger partial charge in [-0.15, -0.1) is 0 Å². The number of benzene rings is 2. The summed E-state index contributed by atoms with van der Waals surface area (Å²) in [7, 11) is -3.82. The highest BCUT2D eigenvalue weighted by molar-refractivity contribution is 7.92. The Morgan fingerprint density at radius 1 is 0.920 bits per heavy atom. The summed E-state index contributed by atoms with van der Waals surface area (Å²) in [4.78, 5) is 11.8. The van der Waals surface area contributed by atoms with E-state index >= 15 is 0 Å². The molecule has 3 rings (SSSR count). The molecule has 0 spiro atoms. The third-order valence-corrected chi connectivity index (χ3v) is 4.70. The Hall–Kier alpha value is -3.13. The van der Waals surface area contributed by atoms with Crippen LogP contribution in [0.15, 0.2) is 76.4 Å². The Kier molecular flexibility index (Phi) is 4.53. The number of rotatable bonds is 5. The van der Waals surface area contributed by atoms with Crippen LogP contribution in [0.4, 0.5) is 15.8 Å². The van der Waals surface area contributed by atoms with E-state index in [1.54, 1.807) is 12.1 Å². The van der Waals surface area contributed by atoms with Gasteiger partial charge in [-0.1, -0.05) is 0 Å². The van der Waals surface area contributed by atoms with Crippen LogP contribution in [0.5, 0.6) is 0 Å². The van der Waals surface area contributed by atoms with Crippen molar-refractivity contribution >= 4 is 27.3 Å². The molecular weight excluding hydrogens is 347 g/mol. The van der Waals surface area contributed by atoms with Crippen molar-refractivity contribution in [1.29, 1.82) is 0 Å². The average Bonchev–Trinajstić information content (AvgIpc) is 3.11. The largest absolute Gasteiger partial charge is 0.472 e. The fourth-order valence-corrected chi connectivity index (χ4v) is 3.10. The molecule has 0 aliphatic rings. The number of hydrogen-bond donors (Lipinski definition) is 2. The lowest BCUT2D eigenvalue weighted by Gasteiger charge is -2.09. The third-order valence-electron chi connectivity index (χ3n) is 3.30. The molecule has 0 bridgehead atoms. The van der Waals surface area contributed by atoms with Gasteiger partial charge in [0.2, 0.25) is 0 Å². The van der Waals surface area contributed by atoms with Crippen molar-refractivity contribution in [3.63, 3.8) is 0 Å². The molecule has 0 atom stereocenters. The zero-order chi connectivity index (χ0) is 17.9. The molecule has 1 amide bonds. The Morgan fingerprint density at radius 2 is 1.56 bits per heavy atom. The van der Waals surface area contributed by atoms with Gasteiger partial charge in [0, 0.05) is 11.4 Å². The minimum Gasteiger partial charge on any atom is -0.472 e. The highest BCUT2D eigenvalue weighted by Crippen LogP contribution is 2.19. The molecule has 25 heavy (non-hydrogen) atoms.